The van der Waals surface area contributed by atoms with Crippen LogP contribution in [0.1, 0.15) is 35.9 Å². The number of aromatic nitrogens is 1. The summed E-state index contributed by atoms with van der Waals surface area (Å²) in [5, 5.41) is 1.16. The van der Waals surface area contributed by atoms with Gasteiger partial charge in [-0.15, -0.1) is 0 Å². The molecule has 0 saturated carbocycles. The van der Waals surface area contributed by atoms with E-state index in [1.165, 1.54) is 29.2 Å². The molecule has 1 amide bonds. The number of benzene rings is 1. The molecular weight excluding hydrogens is 618 g/mol. The Hall–Kier alpha value is -2.30. The summed E-state index contributed by atoms with van der Waals surface area (Å²) in [4.78, 5) is 16.0. The van der Waals surface area contributed by atoms with Gasteiger partial charge in [-0.1, -0.05) is 30.0 Å². The van der Waals surface area contributed by atoms with Crippen LogP contribution in [0.3, 0.4) is 0 Å². The van der Waals surface area contributed by atoms with Crippen LogP contribution in [0.4, 0.5) is 10.1 Å². The Morgan fingerprint density at radius 1 is 1.15 bits per heavy atom. The standard InChI is InChI=1S/C25H28FN3O6S5/c1-5-17(11-23-28(7-6-8-40(33,34)35)25-20(37-23)13-21(26)38-25)12-24-29(14-22(30)27-39(4,31)32)18-9-15(2)16(3)10-19(18)36-24/h9-13H,5-8,14H2,1-4H3,(H-,27,30,33,34,35). The van der Waals surface area contributed by atoms with E-state index in [0.717, 1.165) is 59.6 Å². The van der Waals surface area contributed by atoms with Crippen molar-refractivity contribution >= 4 is 81.8 Å². The molecule has 1 aromatic carbocycles. The molecule has 2 aromatic heterocycles. The minimum Gasteiger partial charge on any atom is -0.748 e. The lowest BCUT2D eigenvalue weighted by Gasteiger charge is -2.20. The van der Waals surface area contributed by atoms with Gasteiger partial charge in [0.15, 0.2) is 11.7 Å². The summed E-state index contributed by atoms with van der Waals surface area (Å²) < 4.78 is 75.3. The highest BCUT2D eigenvalue weighted by Crippen LogP contribution is 2.47. The number of carbonyl (C=O) groups is 1. The molecule has 15 heteroatoms. The number of halogens is 1. The first-order valence-corrected chi connectivity index (χ1v) is 18.1. The van der Waals surface area contributed by atoms with Crippen molar-refractivity contribution < 1.29 is 35.1 Å². The van der Waals surface area contributed by atoms with Crippen LogP contribution in [0.5, 0.6) is 0 Å². The van der Waals surface area contributed by atoms with E-state index in [2.05, 4.69) is 0 Å². The highest BCUT2D eigenvalue weighted by molar-refractivity contribution is 8.03. The Morgan fingerprint density at radius 3 is 2.50 bits per heavy atom. The number of carbonyl (C=O) groups excluding carboxylic acids is 1. The molecule has 0 bridgehead atoms. The van der Waals surface area contributed by atoms with Crippen LogP contribution < -0.4 is 14.2 Å². The van der Waals surface area contributed by atoms with Crippen molar-refractivity contribution in [3.63, 3.8) is 0 Å². The van der Waals surface area contributed by atoms with Gasteiger partial charge in [0.1, 0.15) is 11.2 Å². The number of aryl methyl sites for hydroxylation is 3. The lowest BCUT2D eigenvalue weighted by molar-refractivity contribution is -0.666. The van der Waals surface area contributed by atoms with Crippen molar-refractivity contribution in [2.24, 2.45) is 0 Å². The number of allylic oxidation sites excluding steroid dienone is 2. The number of sulfonamides is 1. The number of nitrogens with zero attached hydrogens (tertiary/aromatic N) is 2. The van der Waals surface area contributed by atoms with Crippen LogP contribution in [0.2, 0.25) is 0 Å². The fraction of sp³-hybridized carbons (Fsp3) is 0.360. The summed E-state index contributed by atoms with van der Waals surface area (Å²) >= 11 is 3.80. The van der Waals surface area contributed by atoms with Gasteiger partial charge in [-0.3, -0.25) is 9.52 Å². The number of amides is 1. The minimum atomic E-state index is -4.38. The third kappa shape index (κ3) is 7.50. The van der Waals surface area contributed by atoms with E-state index < -0.39 is 31.8 Å². The molecule has 1 aliphatic heterocycles. The highest BCUT2D eigenvalue weighted by atomic mass is 32.2. The van der Waals surface area contributed by atoms with Crippen LogP contribution >= 0.6 is 34.4 Å². The SMILES string of the molecule is CCC(=Cc1sc2cc(F)sc2[n+]1CCCS(=O)(=O)[O-])C=C1Sc2cc(C)c(C)cc2N1CC(=O)NS(C)(=O)=O. The molecule has 1 aliphatic rings. The zero-order chi connectivity index (χ0) is 29.4. The molecule has 9 nitrogen and oxygen atoms in total. The zero-order valence-corrected chi connectivity index (χ0v) is 26.3. The first kappa shape index (κ1) is 30.7. The van der Waals surface area contributed by atoms with Crippen molar-refractivity contribution in [3.8, 4) is 0 Å². The van der Waals surface area contributed by atoms with E-state index in [1.807, 2.05) is 54.3 Å². The van der Waals surface area contributed by atoms with Gasteiger partial charge in [-0.05, 0) is 66.5 Å². The summed E-state index contributed by atoms with van der Waals surface area (Å²) in [7, 11) is -8.10. The molecule has 0 atom stereocenters. The van der Waals surface area contributed by atoms with E-state index in [-0.39, 0.29) is 24.6 Å². The quantitative estimate of drug-likeness (QED) is 0.256. The van der Waals surface area contributed by atoms with Crippen LogP contribution in [0.25, 0.3) is 15.6 Å². The van der Waals surface area contributed by atoms with E-state index in [9.17, 15) is 30.6 Å². The number of thiophene rings is 1. The smallest absolute Gasteiger partial charge is 0.283 e. The number of anilines is 1. The van der Waals surface area contributed by atoms with E-state index in [1.54, 1.807) is 4.90 Å². The Labute approximate surface area is 245 Å². The average Bonchev–Trinajstić information content (AvgIpc) is 3.43. The molecule has 4 rings (SSSR count). The van der Waals surface area contributed by atoms with Gasteiger partial charge in [0.05, 0.1) is 27.1 Å². The van der Waals surface area contributed by atoms with Crippen LogP contribution in [0.15, 0.2) is 39.8 Å². The van der Waals surface area contributed by atoms with E-state index >= 15 is 0 Å². The fourth-order valence-corrected chi connectivity index (χ4v) is 8.62. The molecule has 0 radical (unpaired) electrons. The maximum atomic E-state index is 14.0. The van der Waals surface area contributed by atoms with Crippen LogP contribution in [-0.2, 0) is 31.5 Å². The number of rotatable bonds is 10. The molecule has 0 unspecified atom stereocenters. The Morgan fingerprint density at radius 2 is 1.85 bits per heavy atom. The Balaban J connectivity index is 1.73. The molecule has 40 heavy (non-hydrogen) atoms. The number of fused-ring (bicyclic) bond motifs is 2. The third-order valence-corrected chi connectivity index (χ3v) is 10.8. The predicted molar refractivity (Wildman–Crippen MR) is 157 cm³/mol. The van der Waals surface area contributed by atoms with Crippen LogP contribution in [-0.4, -0.2) is 45.8 Å². The fourth-order valence-electron chi connectivity index (χ4n) is 4.15. The highest BCUT2D eigenvalue weighted by Gasteiger charge is 2.29. The summed E-state index contributed by atoms with van der Waals surface area (Å²) in [5.74, 6) is -1.18. The van der Waals surface area contributed by atoms with Crippen molar-refractivity contribution in [1.82, 2.24) is 4.72 Å². The lowest BCUT2D eigenvalue weighted by atomic mass is 10.1. The zero-order valence-electron chi connectivity index (χ0n) is 22.2. The largest absolute Gasteiger partial charge is 0.748 e. The van der Waals surface area contributed by atoms with Crippen molar-refractivity contribution in [2.45, 2.75) is 45.1 Å². The number of thiazole rings is 1. The minimum absolute atomic E-state index is 0.0956. The van der Waals surface area contributed by atoms with Crippen molar-refractivity contribution in [1.29, 1.82) is 0 Å². The predicted octanol–water partition coefficient (Wildman–Crippen LogP) is 4.26. The molecule has 3 aromatic rings. The number of nitrogens with one attached hydrogen (secondary N) is 1. The number of hydrogen-bond donors (Lipinski definition) is 1. The lowest BCUT2D eigenvalue weighted by Crippen LogP contribution is -2.38. The van der Waals surface area contributed by atoms with Crippen molar-refractivity contribution in [2.75, 3.05) is 23.5 Å². The second kappa shape index (κ2) is 11.9. The maximum Gasteiger partial charge on any atom is 0.283 e. The second-order valence-corrected chi connectivity index (χ2v) is 15.7. The first-order chi connectivity index (χ1) is 18.6. The molecule has 216 valence electrons. The van der Waals surface area contributed by atoms with Gasteiger partial charge in [0.25, 0.3) is 15.7 Å². The van der Waals surface area contributed by atoms with Gasteiger partial charge in [-0.2, -0.15) is 8.96 Å². The van der Waals surface area contributed by atoms with E-state index in [0.29, 0.717) is 11.3 Å². The second-order valence-electron chi connectivity index (χ2n) is 9.37. The maximum absolute atomic E-state index is 14.0. The molecular formula is C25H28FN3O6S5. The first-order valence-electron chi connectivity index (χ1n) is 12.2. The van der Waals surface area contributed by atoms with E-state index in [4.69, 9.17) is 0 Å². The van der Waals surface area contributed by atoms with Gasteiger partial charge < -0.3 is 9.45 Å². The normalized spacial score (nSPS) is 15.3. The molecule has 0 spiro atoms. The van der Waals surface area contributed by atoms with Gasteiger partial charge >= 0.3 is 0 Å². The third-order valence-electron chi connectivity index (χ3n) is 6.12. The van der Waals surface area contributed by atoms with Crippen LogP contribution in [0, 0.1) is 19.0 Å². The summed E-state index contributed by atoms with van der Waals surface area (Å²) in [6, 6.07) is 5.44. The summed E-state index contributed by atoms with van der Waals surface area (Å²) in [6.07, 6.45) is 5.50. The average molecular weight is 646 g/mol. The number of hydrogen-bond acceptors (Lipinski definition) is 10. The molecule has 1 N–H and O–H groups in total. The molecule has 3 heterocycles. The topological polar surface area (TPSA) is 128 Å². The number of thioether (sulfide) groups is 1. The summed E-state index contributed by atoms with van der Waals surface area (Å²) in [5.41, 5.74) is 3.81. The molecule has 0 aliphatic carbocycles. The van der Waals surface area contributed by atoms with Gasteiger partial charge in [0, 0.05) is 29.2 Å². The van der Waals surface area contributed by atoms with Gasteiger partial charge in [-0.25, -0.2) is 16.8 Å². The monoisotopic (exact) mass is 645 g/mol. The molecule has 0 saturated heterocycles. The van der Waals surface area contributed by atoms with Crippen molar-refractivity contribution in [3.05, 3.63) is 56.1 Å². The Kier molecular flexibility index (Phi) is 9.12. The van der Waals surface area contributed by atoms with Gasteiger partial charge in [0.2, 0.25) is 10.0 Å². The summed E-state index contributed by atoms with van der Waals surface area (Å²) in [6.45, 7) is 5.97. The Bertz CT molecular complexity index is 1760. The molecule has 0 fully saturated rings.